The van der Waals surface area contributed by atoms with Crippen LogP contribution in [0.5, 0.6) is 0 Å². The van der Waals surface area contributed by atoms with Crippen LogP contribution in [-0.2, 0) is 6.42 Å². The lowest BCUT2D eigenvalue weighted by molar-refractivity contribution is 0.373. The van der Waals surface area contributed by atoms with Crippen LogP contribution >= 0.6 is 0 Å². The molecule has 4 nitrogen and oxygen atoms in total. The molecule has 0 amide bonds. The Balaban J connectivity index is 1.98. The van der Waals surface area contributed by atoms with Gasteiger partial charge in [0.2, 0.25) is 5.89 Å². The fourth-order valence-electron chi connectivity index (χ4n) is 1.36. The monoisotopic (exact) mass is 177 g/mol. The molecular formula is C9H11N3O. The van der Waals surface area contributed by atoms with Gasteiger partial charge in [0, 0.05) is 18.8 Å². The van der Waals surface area contributed by atoms with E-state index in [0.29, 0.717) is 30.6 Å². The zero-order valence-electron chi connectivity index (χ0n) is 7.53. The van der Waals surface area contributed by atoms with Crippen LogP contribution < -0.4 is 0 Å². The summed E-state index contributed by atoms with van der Waals surface area (Å²) in [6, 6.07) is 2.05. The molecule has 68 valence electrons. The van der Waals surface area contributed by atoms with Crippen LogP contribution in [0.4, 0.5) is 0 Å². The van der Waals surface area contributed by atoms with Gasteiger partial charge in [-0.25, -0.2) is 0 Å². The molecule has 0 N–H and O–H groups in total. The minimum absolute atomic E-state index is 0.446. The molecule has 1 heterocycles. The Labute approximate surface area is 76.6 Å². The second-order valence-corrected chi connectivity index (χ2v) is 3.52. The maximum absolute atomic E-state index is 8.36. The molecule has 0 spiro atoms. The van der Waals surface area contributed by atoms with E-state index in [-0.39, 0.29) is 0 Å². The molecule has 1 aliphatic rings. The molecule has 1 fully saturated rings. The summed E-state index contributed by atoms with van der Waals surface area (Å²) < 4.78 is 5.00. The highest BCUT2D eigenvalue weighted by atomic mass is 16.5. The number of hydrogen-bond acceptors (Lipinski definition) is 4. The minimum Gasteiger partial charge on any atom is -0.339 e. The van der Waals surface area contributed by atoms with Crippen molar-refractivity contribution in [2.45, 2.75) is 32.1 Å². The second-order valence-electron chi connectivity index (χ2n) is 3.52. The molecule has 2 rings (SSSR count). The Bertz CT molecular complexity index is 339. The number of aromatic nitrogens is 2. The fraction of sp³-hybridized carbons (Fsp3) is 0.667. The smallest absolute Gasteiger partial charge is 0.227 e. The van der Waals surface area contributed by atoms with E-state index in [1.165, 1.54) is 0 Å². The Kier molecular flexibility index (Phi) is 2.01. The van der Waals surface area contributed by atoms with Crippen molar-refractivity contribution in [1.29, 1.82) is 5.26 Å². The molecule has 2 unspecified atom stereocenters. The van der Waals surface area contributed by atoms with E-state index in [1.807, 2.05) is 0 Å². The number of hydrogen-bond donors (Lipinski definition) is 0. The van der Waals surface area contributed by atoms with Gasteiger partial charge in [-0.15, -0.1) is 0 Å². The molecule has 1 aliphatic carbocycles. The van der Waals surface area contributed by atoms with Crippen LogP contribution in [0.1, 0.15) is 37.4 Å². The molecule has 0 bridgehead atoms. The minimum atomic E-state index is 0.446. The summed E-state index contributed by atoms with van der Waals surface area (Å²) in [4.78, 5) is 4.23. The van der Waals surface area contributed by atoms with Crippen molar-refractivity contribution in [1.82, 2.24) is 10.1 Å². The molecule has 4 heteroatoms. The first-order chi connectivity index (χ1) is 6.31. The summed E-state index contributed by atoms with van der Waals surface area (Å²) in [5, 5.41) is 12.2. The molecule has 1 saturated carbocycles. The lowest BCUT2D eigenvalue weighted by atomic mass is 10.3. The number of rotatable bonds is 3. The summed E-state index contributed by atoms with van der Waals surface area (Å²) in [5.74, 6) is 2.61. The van der Waals surface area contributed by atoms with Crippen LogP contribution in [0.15, 0.2) is 4.52 Å². The van der Waals surface area contributed by atoms with Gasteiger partial charge in [0.25, 0.3) is 0 Å². The van der Waals surface area contributed by atoms with Crippen LogP contribution in [0.3, 0.4) is 0 Å². The average Bonchev–Trinajstić information content (AvgIpc) is 2.67. The summed E-state index contributed by atoms with van der Waals surface area (Å²) in [7, 11) is 0. The van der Waals surface area contributed by atoms with Crippen molar-refractivity contribution in [3.05, 3.63) is 11.7 Å². The van der Waals surface area contributed by atoms with Crippen LogP contribution in [0, 0.1) is 17.2 Å². The topological polar surface area (TPSA) is 62.7 Å². The molecular weight excluding hydrogens is 166 g/mol. The first-order valence-electron chi connectivity index (χ1n) is 4.50. The number of nitrogens with zero attached hydrogens (tertiary/aromatic N) is 3. The van der Waals surface area contributed by atoms with Gasteiger partial charge < -0.3 is 4.52 Å². The van der Waals surface area contributed by atoms with E-state index in [0.717, 1.165) is 12.2 Å². The SMILES string of the molecule is CC1CC1c1noc(CCC#N)n1. The van der Waals surface area contributed by atoms with E-state index >= 15 is 0 Å². The lowest BCUT2D eigenvalue weighted by Crippen LogP contribution is -1.86. The van der Waals surface area contributed by atoms with Gasteiger partial charge in [-0.3, -0.25) is 0 Å². The van der Waals surface area contributed by atoms with Crippen molar-refractivity contribution < 1.29 is 4.52 Å². The first-order valence-corrected chi connectivity index (χ1v) is 4.50. The van der Waals surface area contributed by atoms with Gasteiger partial charge in [-0.05, 0) is 12.3 Å². The Morgan fingerprint density at radius 2 is 2.46 bits per heavy atom. The van der Waals surface area contributed by atoms with Gasteiger partial charge >= 0.3 is 0 Å². The third-order valence-corrected chi connectivity index (χ3v) is 2.38. The highest BCUT2D eigenvalue weighted by Gasteiger charge is 2.37. The Morgan fingerprint density at radius 1 is 1.69 bits per heavy atom. The van der Waals surface area contributed by atoms with Crippen LogP contribution in [-0.4, -0.2) is 10.1 Å². The average molecular weight is 177 g/mol. The van der Waals surface area contributed by atoms with E-state index < -0.39 is 0 Å². The summed E-state index contributed by atoms with van der Waals surface area (Å²) >= 11 is 0. The number of nitriles is 1. The lowest BCUT2D eigenvalue weighted by Gasteiger charge is -1.83. The van der Waals surface area contributed by atoms with Gasteiger partial charge in [-0.2, -0.15) is 10.2 Å². The molecule has 1 aromatic rings. The fourth-order valence-corrected chi connectivity index (χ4v) is 1.36. The van der Waals surface area contributed by atoms with Crippen molar-refractivity contribution in [2.75, 3.05) is 0 Å². The number of aryl methyl sites for hydroxylation is 1. The molecule has 0 aliphatic heterocycles. The van der Waals surface area contributed by atoms with Crippen molar-refractivity contribution in [3.63, 3.8) is 0 Å². The van der Waals surface area contributed by atoms with Gasteiger partial charge in [-0.1, -0.05) is 12.1 Å². The summed E-state index contributed by atoms with van der Waals surface area (Å²) in [6.45, 7) is 2.18. The second kappa shape index (κ2) is 3.17. The summed E-state index contributed by atoms with van der Waals surface area (Å²) in [6.07, 6.45) is 2.18. The standard InChI is InChI=1S/C9H11N3O/c1-6-5-7(6)9-11-8(13-12-9)3-2-4-10/h6-7H,2-3,5H2,1H3. The maximum Gasteiger partial charge on any atom is 0.227 e. The van der Waals surface area contributed by atoms with Crippen molar-refractivity contribution in [2.24, 2.45) is 5.92 Å². The van der Waals surface area contributed by atoms with Crippen molar-refractivity contribution >= 4 is 0 Å². The third kappa shape index (κ3) is 1.69. The van der Waals surface area contributed by atoms with Gasteiger partial charge in [0.05, 0.1) is 6.07 Å². The molecule has 0 aromatic carbocycles. The maximum atomic E-state index is 8.36. The predicted octanol–water partition coefficient (Wildman–Crippen LogP) is 1.65. The highest BCUT2D eigenvalue weighted by molar-refractivity contribution is 5.07. The normalized spacial score (nSPS) is 25.5. The molecule has 0 radical (unpaired) electrons. The van der Waals surface area contributed by atoms with E-state index in [1.54, 1.807) is 0 Å². The zero-order valence-corrected chi connectivity index (χ0v) is 7.53. The molecule has 0 saturated heterocycles. The van der Waals surface area contributed by atoms with E-state index in [4.69, 9.17) is 9.78 Å². The molecule has 13 heavy (non-hydrogen) atoms. The van der Waals surface area contributed by atoms with Crippen LogP contribution in [0.25, 0.3) is 0 Å². The predicted molar refractivity (Wildman–Crippen MR) is 44.8 cm³/mol. The zero-order chi connectivity index (χ0) is 9.26. The van der Waals surface area contributed by atoms with Gasteiger partial charge in [0.15, 0.2) is 5.82 Å². The molecule has 2 atom stereocenters. The van der Waals surface area contributed by atoms with Gasteiger partial charge in [0.1, 0.15) is 0 Å². The largest absolute Gasteiger partial charge is 0.339 e. The van der Waals surface area contributed by atoms with Crippen LogP contribution in [0.2, 0.25) is 0 Å². The van der Waals surface area contributed by atoms with E-state index in [2.05, 4.69) is 23.1 Å². The molecule has 1 aromatic heterocycles. The van der Waals surface area contributed by atoms with E-state index in [9.17, 15) is 0 Å². The Morgan fingerprint density at radius 3 is 3.08 bits per heavy atom. The summed E-state index contributed by atoms with van der Waals surface area (Å²) in [5.41, 5.74) is 0. The van der Waals surface area contributed by atoms with Crippen molar-refractivity contribution in [3.8, 4) is 6.07 Å². The highest BCUT2D eigenvalue weighted by Crippen LogP contribution is 2.45. The first kappa shape index (κ1) is 8.24. The Hall–Kier alpha value is -1.37. The third-order valence-electron chi connectivity index (χ3n) is 2.38. The quantitative estimate of drug-likeness (QED) is 0.704.